The zero-order chi connectivity index (χ0) is 18.6. The number of sulfonamides is 1. The van der Waals surface area contributed by atoms with Gasteiger partial charge in [-0.3, -0.25) is 4.79 Å². The predicted octanol–water partition coefficient (Wildman–Crippen LogP) is 2.41. The number of piperidine rings is 1. The van der Waals surface area contributed by atoms with E-state index in [0.29, 0.717) is 18.7 Å². The van der Waals surface area contributed by atoms with Crippen molar-refractivity contribution in [2.45, 2.75) is 38.0 Å². The monoisotopic (exact) mass is 367 g/mol. The molecule has 1 aromatic rings. The minimum atomic E-state index is -3.58. The molecule has 1 aliphatic heterocycles. The standard InChI is InChI=1S/C18H29N3O3S/c1-5-20(6-2)18(22)16-14-15(25(23,24)19(3)4)10-11-17(16)21-12-8-7-9-13-21/h10-11,14H,5-9,12-13H2,1-4H3. The lowest BCUT2D eigenvalue weighted by atomic mass is 10.1. The van der Waals surface area contributed by atoms with E-state index >= 15 is 0 Å². The van der Waals surface area contributed by atoms with Gasteiger partial charge in [0.2, 0.25) is 10.0 Å². The molecule has 0 atom stereocenters. The number of hydrogen-bond donors (Lipinski definition) is 0. The molecular weight excluding hydrogens is 338 g/mol. The Kier molecular flexibility index (Phi) is 6.46. The highest BCUT2D eigenvalue weighted by molar-refractivity contribution is 7.89. The quantitative estimate of drug-likeness (QED) is 0.775. The van der Waals surface area contributed by atoms with Gasteiger partial charge in [-0.2, -0.15) is 0 Å². The number of carbonyl (C=O) groups excluding carboxylic acids is 1. The number of carbonyl (C=O) groups is 1. The van der Waals surface area contributed by atoms with Gasteiger partial charge in [0, 0.05) is 46.0 Å². The summed E-state index contributed by atoms with van der Waals surface area (Å²) >= 11 is 0. The summed E-state index contributed by atoms with van der Waals surface area (Å²) in [6, 6.07) is 4.94. The number of rotatable bonds is 6. The number of amides is 1. The Morgan fingerprint density at radius 2 is 1.68 bits per heavy atom. The molecule has 1 aromatic carbocycles. The summed E-state index contributed by atoms with van der Waals surface area (Å²) in [5, 5.41) is 0. The third-order valence-corrected chi connectivity index (χ3v) is 6.54. The van der Waals surface area contributed by atoms with Crippen LogP contribution in [0.1, 0.15) is 43.5 Å². The van der Waals surface area contributed by atoms with Crippen LogP contribution in [0.5, 0.6) is 0 Å². The maximum Gasteiger partial charge on any atom is 0.255 e. The van der Waals surface area contributed by atoms with Crippen LogP contribution in [0.25, 0.3) is 0 Å². The highest BCUT2D eigenvalue weighted by Crippen LogP contribution is 2.28. The lowest BCUT2D eigenvalue weighted by Gasteiger charge is -2.31. The molecule has 0 N–H and O–H groups in total. The fourth-order valence-electron chi connectivity index (χ4n) is 3.15. The van der Waals surface area contributed by atoms with Gasteiger partial charge in [-0.1, -0.05) is 0 Å². The van der Waals surface area contributed by atoms with Crippen LogP contribution >= 0.6 is 0 Å². The molecule has 0 aromatic heterocycles. The SMILES string of the molecule is CCN(CC)C(=O)c1cc(S(=O)(=O)N(C)C)ccc1N1CCCCC1. The van der Waals surface area contributed by atoms with E-state index < -0.39 is 10.0 Å². The molecule has 1 heterocycles. The molecule has 0 saturated carbocycles. The Morgan fingerprint density at radius 3 is 2.20 bits per heavy atom. The Hall–Kier alpha value is -1.60. The first-order valence-corrected chi connectivity index (χ1v) is 10.4. The lowest BCUT2D eigenvalue weighted by Crippen LogP contribution is -2.35. The number of anilines is 1. The fraction of sp³-hybridized carbons (Fsp3) is 0.611. The largest absolute Gasteiger partial charge is 0.371 e. The number of hydrogen-bond acceptors (Lipinski definition) is 4. The van der Waals surface area contributed by atoms with Crippen LogP contribution < -0.4 is 4.90 Å². The van der Waals surface area contributed by atoms with Crippen LogP contribution in [-0.4, -0.2) is 63.8 Å². The van der Waals surface area contributed by atoms with E-state index in [2.05, 4.69) is 4.90 Å². The molecule has 6 nitrogen and oxygen atoms in total. The van der Waals surface area contributed by atoms with Gasteiger partial charge in [0.15, 0.2) is 0 Å². The van der Waals surface area contributed by atoms with Crippen molar-refractivity contribution in [3.63, 3.8) is 0 Å². The molecule has 0 spiro atoms. The topological polar surface area (TPSA) is 60.9 Å². The lowest BCUT2D eigenvalue weighted by molar-refractivity contribution is 0.0773. The van der Waals surface area contributed by atoms with E-state index in [0.717, 1.165) is 31.6 Å². The second-order valence-corrected chi connectivity index (χ2v) is 8.64. The minimum absolute atomic E-state index is 0.110. The van der Waals surface area contributed by atoms with Crippen molar-refractivity contribution in [2.75, 3.05) is 45.2 Å². The zero-order valence-corrected chi connectivity index (χ0v) is 16.5. The second kappa shape index (κ2) is 8.19. The van der Waals surface area contributed by atoms with Crippen molar-refractivity contribution in [1.82, 2.24) is 9.21 Å². The summed E-state index contributed by atoms with van der Waals surface area (Å²) in [7, 11) is -0.576. The van der Waals surface area contributed by atoms with E-state index in [1.54, 1.807) is 23.1 Å². The molecule has 0 radical (unpaired) electrons. The Morgan fingerprint density at radius 1 is 1.08 bits per heavy atom. The minimum Gasteiger partial charge on any atom is -0.371 e. The van der Waals surface area contributed by atoms with Crippen LogP contribution in [0.15, 0.2) is 23.1 Å². The van der Waals surface area contributed by atoms with Gasteiger partial charge in [-0.25, -0.2) is 12.7 Å². The van der Waals surface area contributed by atoms with Gasteiger partial charge in [0.05, 0.1) is 10.5 Å². The van der Waals surface area contributed by atoms with E-state index in [4.69, 9.17) is 0 Å². The van der Waals surface area contributed by atoms with E-state index in [1.165, 1.54) is 24.8 Å². The highest BCUT2D eigenvalue weighted by Gasteiger charge is 2.25. The molecule has 0 aliphatic carbocycles. The molecule has 0 unspecified atom stereocenters. The normalized spacial score (nSPS) is 15.5. The summed E-state index contributed by atoms with van der Waals surface area (Å²) in [5.41, 5.74) is 1.32. The van der Waals surface area contributed by atoms with Crippen LogP contribution in [0, 0.1) is 0 Å². The zero-order valence-electron chi connectivity index (χ0n) is 15.7. The maximum atomic E-state index is 13.0. The van der Waals surface area contributed by atoms with E-state index in [9.17, 15) is 13.2 Å². The predicted molar refractivity (Wildman–Crippen MR) is 101 cm³/mol. The van der Waals surface area contributed by atoms with Gasteiger partial charge in [0.1, 0.15) is 0 Å². The third-order valence-electron chi connectivity index (χ3n) is 4.72. The van der Waals surface area contributed by atoms with Gasteiger partial charge >= 0.3 is 0 Å². The number of benzene rings is 1. The Labute approximate surface area is 151 Å². The van der Waals surface area contributed by atoms with Gasteiger partial charge < -0.3 is 9.80 Å². The molecule has 2 rings (SSSR count). The van der Waals surface area contributed by atoms with Gasteiger partial charge in [-0.05, 0) is 51.3 Å². The van der Waals surface area contributed by atoms with E-state index in [-0.39, 0.29) is 10.8 Å². The van der Waals surface area contributed by atoms with Crippen molar-refractivity contribution in [3.05, 3.63) is 23.8 Å². The highest BCUT2D eigenvalue weighted by atomic mass is 32.2. The summed E-state index contributed by atoms with van der Waals surface area (Å²) in [6.45, 7) is 6.86. The smallest absolute Gasteiger partial charge is 0.255 e. The average molecular weight is 368 g/mol. The molecule has 1 aliphatic rings. The van der Waals surface area contributed by atoms with Crippen molar-refractivity contribution < 1.29 is 13.2 Å². The molecular formula is C18H29N3O3S. The number of nitrogens with zero attached hydrogens (tertiary/aromatic N) is 3. The van der Waals surface area contributed by atoms with Crippen LogP contribution in [0.3, 0.4) is 0 Å². The summed E-state index contributed by atoms with van der Waals surface area (Å²) in [5.74, 6) is -0.110. The molecule has 7 heteroatoms. The van der Waals surface area contributed by atoms with Gasteiger partial charge in [-0.15, -0.1) is 0 Å². The van der Waals surface area contributed by atoms with Crippen LogP contribution in [-0.2, 0) is 10.0 Å². The Balaban J connectivity index is 2.54. The average Bonchev–Trinajstić information content (AvgIpc) is 2.62. The first kappa shape index (κ1) is 19.7. The molecule has 25 heavy (non-hydrogen) atoms. The first-order valence-electron chi connectivity index (χ1n) is 8.93. The summed E-state index contributed by atoms with van der Waals surface area (Å²) in [4.78, 5) is 17.1. The van der Waals surface area contributed by atoms with Crippen LogP contribution in [0.4, 0.5) is 5.69 Å². The van der Waals surface area contributed by atoms with Gasteiger partial charge in [0.25, 0.3) is 5.91 Å². The fourth-order valence-corrected chi connectivity index (χ4v) is 4.08. The van der Waals surface area contributed by atoms with Crippen molar-refractivity contribution in [2.24, 2.45) is 0 Å². The molecule has 0 bridgehead atoms. The van der Waals surface area contributed by atoms with Crippen LogP contribution in [0.2, 0.25) is 0 Å². The van der Waals surface area contributed by atoms with Crippen molar-refractivity contribution >= 4 is 21.6 Å². The third kappa shape index (κ3) is 4.15. The molecule has 1 saturated heterocycles. The second-order valence-electron chi connectivity index (χ2n) is 6.49. The molecule has 1 fully saturated rings. The molecule has 140 valence electrons. The summed E-state index contributed by atoms with van der Waals surface area (Å²) < 4.78 is 26.2. The van der Waals surface area contributed by atoms with E-state index in [1.807, 2.05) is 13.8 Å². The molecule has 1 amide bonds. The Bertz CT molecular complexity index is 706. The summed E-state index contributed by atoms with van der Waals surface area (Å²) in [6.07, 6.45) is 3.39. The van der Waals surface area contributed by atoms with Crippen molar-refractivity contribution in [3.8, 4) is 0 Å². The first-order chi connectivity index (χ1) is 11.8. The van der Waals surface area contributed by atoms with Crippen molar-refractivity contribution in [1.29, 1.82) is 0 Å². The maximum absolute atomic E-state index is 13.0.